The first-order chi connectivity index (χ1) is 6.87. The predicted octanol–water partition coefficient (Wildman–Crippen LogP) is 2.34. The average Bonchev–Trinajstić information content (AvgIpc) is 2.05. The molecule has 0 fully saturated rings. The molecule has 0 aromatic heterocycles. The normalized spacial score (nSPS) is 11.4. The number of primary amides is 1. The van der Waals surface area contributed by atoms with Crippen molar-refractivity contribution in [1.82, 2.24) is 0 Å². The van der Waals surface area contributed by atoms with Crippen LogP contribution in [0.4, 0.5) is 13.2 Å². The maximum Gasteiger partial charge on any atom is 0.446 e. The number of hydrogen-bond acceptors (Lipinski definition) is 2. The van der Waals surface area contributed by atoms with Crippen LogP contribution in [-0.4, -0.2) is 11.4 Å². The molecule has 0 unspecified atom stereocenters. The Bertz CT molecular complexity index is 347. The molecular weight excluding hydrogens is 227 g/mol. The second kappa shape index (κ2) is 4.57. The molecule has 0 atom stereocenters. The summed E-state index contributed by atoms with van der Waals surface area (Å²) >= 11 is -0.202. The second-order valence-electron chi connectivity index (χ2n) is 2.66. The number of halogens is 3. The van der Waals surface area contributed by atoms with Crippen LogP contribution in [0.25, 0.3) is 0 Å². The van der Waals surface area contributed by atoms with Crippen LogP contribution in [0.3, 0.4) is 0 Å². The Balaban J connectivity index is 2.68. The maximum atomic E-state index is 11.9. The molecule has 0 aliphatic carbocycles. The minimum Gasteiger partial charge on any atom is -0.369 e. The highest BCUT2D eigenvalue weighted by atomic mass is 32.2. The van der Waals surface area contributed by atoms with Gasteiger partial charge in [0.1, 0.15) is 0 Å². The first-order valence-corrected chi connectivity index (χ1v) is 4.68. The van der Waals surface area contributed by atoms with Crippen LogP contribution in [0.15, 0.2) is 29.2 Å². The van der Waals surface area contributed by atoms with E-state index in [0.717, 1.165) is 6.42 Å². The monoisotopic (exact) mass is 234 g/mol. The number of alkyl halides is 3. The molecule has 2 N–H and O–H groups in total. The van der Waals surface area contributed by atoms with E-state index in [2.05, 4.69) is 0 Å². The van der Waals surface area contributed by atoms with Crippen molar-refractivity contribution in [3.63, 3.8) is 0 Å². The van der Waals surface area contributed by atoms with E-state index in [-0.39, 0.29) is 16.7 Å². The summed E-state index contributed by atoms with van der Waals surface area (Å²) in [6.45, 7) is 0. The van der Waals surface area contributed by atoms with Crippen LogP contribution in [0, 0.1) is 6.42 Å². The SMILES string of the molecule is NC(=O)[CH]c1ccc(SC(F)(F)F)cc1. The molecule has 81 valence electrons. The number of hydrogen-bond donors (Lipinski definition) is 1. The highest BCUT2D eigenvalue weighted by Gasteiger charge is 2.28. The van der Waals surface area contributed by atoms with Crippen molar-refractivity contribution < 1.29 is 18.0 Å². The molecular formula is C9H7F3NOS. The zero-order valence-corrected chi connectivity index (χ0v) is 8.23. The zero-order valence-electron chi connectivity index (χ0n) is 7.41. The molecule has 15 heavy (non-hydrogen) atoms. The summed E-state index contributed by atoms with van der Waals surface area (Å²) in [5.74, 6) is -0.633. The van der Waals surface area contributed by atoms with Crippen molar-refractivity contribution in [2.45, 2.75) is 10.4 Å². The van der Waals surface area contributed by atoms with Gasteiger partial charge in [-0.15, -0.1) is 0 Å². The molecule has 0 spiro atoms. The topological polar surface area (TPSA) is 43.1 Å². The highest BCUT2D eigenvalue weighted by molar-refractivity contribution is 8.00. The van der Waals surface area contributed by atoms with Gasteiger partial charge < -0.3 is 5.73 Å². The number of carbonyl (C=O) groups is 1. The summed E-state index contributed by atoms with van der Waals surface area (Å²) in [6.07, 6.45) is 1.14. The number of carbonyl (C=O) groups excluding carboxylic acids is 1. The van der Waals surface area contributed by atoms with Gasteiger partial charge in [-0.1, -0.05) is 12.1 Å². The minimum absolute atomic E-state index is 0.0733. The summed E-state index contributed by atoms with van der Waals surface area (Å²) in [6, 6.07) is 5.37. The molecule has 1 rings (SSSR count). The smallest absolute Gasteiger partial charge is 0.369 e. The fourth-order valence-electron chi connectivity index (χ4n) is 0.930. The first-order valence-electron chi connectivity index (χ1n) is 3.87. The molecule has 6 heteroatoms. The molecule has 2 nitrogen and oxygen atoms in total. The van der Waals surface area contributed by atoms with Crippen molar-refractivity contribution in [2.75, 3.05) is 0 Å². The van der Waals surface area contributed by atoms with Crippen LogP contribution < -0.4 is 5.73 Å². The van der Waals surface area contributed by atoms with Crippen molar-refractivity contribution in [3.8, 4) is 0 Å². The zero-order chi connectivity index (χ0) is 11.5. The Morgan fingerprint density at radius 2 is 1.80 bits per heavy atom. The maximum absolute atomic E-state index is 11.9. The fourth-order valence-corrected chi connectivity index (χ4v) is 1.47. The lowest BCUT2D eigenvalue weighted by atomic mass is 10.1. The lowest BCUT2D eigenvalue weighted by Gasteiger charge is -2.05. The number of amides is 1. The van der Waals surface area contributed by atoms with E-state index in [1.807, 2.05) is 0 Å². The molecule has 1 aromatic rings. The lowest BCUT2D eigenvalue weighted by Crippen LogP contribution is -2.11. The first kappa shape index (κ1) is 11.9. The highest BCUT2D eigenvalue weighted by Crippen LogP contribution is 2.36. The van der Waals surface area contributed by atoms with Gasteiger partial charge in [0, 0.05) is 4.90 Å². The second-order valence-corrected chi connectivity index (χ2v) is 3.80. The standard InChI is InChI=1S/C9H7F3NOS/c10-9(11,12)15-7-3-1-6(2-4-7)5-8(13)14/h1-5H,(H2,13,14). The van der Waals surface area contributed by atoms with Crippen molar-refractivity contribution >= 4 is 17.7 Å². The van der Waals surface area contributed by atoms with E-state index >= 15 is 0 Å². The Morgan fingerprint density at radius 1 is 1.27 bits per heavy atom. The summed E-state index contributed by atoms with van der Waals surface area (Å²) in [4.78, 5) is 10.5. The molecule has 0 aliphatic rings. The van der Waals surface area contributed by atoms with Gasteiger partial charge in [-0.3, -0.25) is 4.79 Å². The van der Waals surface area contributed by atoms with Gasteiger partial charge >= 0.3 is 5.51 Å². The van der Waals surface area contributed by atoms with E-state index in [9.17, 15) is 18.0 Å². The molecule has 0 bridgehead atoms. The van der Waals surface area contributed by atoms with E-state index in [4.69, 9.17) is 5.73 Å². The Kier molecular flexibility index (Phi) is 3.62. The third-order valence-electron chi connectivity index (χ3n) is 1.42. The fraction of sp³-hybridized carbons (Fsp3) is 0.111. The van der Waals surface area contributed by atoms with Gasteiger partial charge in [0.25, 0.3) is 0 Å². The van der Waals surface area contributed by atoms with E-state index in [0.29, 0.717) is 5.56 Å². The summed E-state index contributed by atoms with van der Waals surface area (Å²) in [5.41, 5.74) is 1.07. The molecule has 0 aliphatic heterocycles. The summed E-state index contributed by atoms with van der Waals surface area (Å²) in [7, 11) is 0. The van der Waals surface area contributed by atoms with Gasteiger partial charge in [0.15, 0.2) is 0 Å². The van der Waals surface area contributed by atoms with Crippen molar-refractivity contribution in [2.24, 2.45) is 5.73 Å². The van der Waals surface area contributed by atoms with Gasteiger partial charge in [-0.25, -0.2) is 0 Å². The van der Waals surface area contributed by atoms with E-state index in [1.165, 1.54) is 24.3 Å². The largest absolute Gasteiger partial charge is 0.446 e. The molecule has 1 radical (unpaired) electrons. The summed E-state index contributed by atoms with van der Waals surface area (Å²) < 4.78 is 35.8. The van der Waals surface area contributed by atoms with Gasteiger partial charge in [0.05, 0.1) is 6.42 Å². The Morgan fingerprint density at radius 3 is 2.20 bits per heavy atom. The lowest BCUT2D eigenvalue weighted by molar-refractivity contribution is -0.114. The molecule has 1 amide bonds. The molecule has 0 heterocycles. The number of rotatable bonds is 3. The van der Waals surface area contributed by atoms with Crippen LogP contribution >= 0.6 is 11.8 Å². The number of thioether (sulfide) groups is 1. The van der Waals surface area contributed by atoms with Crippen LogP contribution in [0.1, 0.15) is 5.56 Å². The third-order valence-corrected chi connectivity index (χ3v) is 2.16. The number of nitrogens with two attached hydrogens (primary N) is 1. The molecule has 0 saturated carbocycles. The predicted molar refractivity (Wildman–Crippen MR) is 51.0 cm³/mol. The molecule has 1 aromatic carbocycles. The van der Waals surface area contributed by atoms with Crippen LogP contribution in [-0.2, 0) is 4.79 Å². The van der Waals surface area contributed by atoms with Crippen LogP contribution in [0.2, 0.25) is 0 Å². The number of benzene rings is 1. The van der Waals surface area contributed by atoms with Gasteiger partial charge in [-0.05, 0) is 29.5 Å². The summed E-state index contributed by atoms with van der Waals surface area (Å²) in [5, 5.41) is 0. The molecule has 0 saturated heterocycles. The van der Waals surface area contributed by atoms with Crippen molar-refractivity contribution in [1.29, 1.82) is 0 Å². The minimum atomic E-state index is -4.30. The van der Waals surface area contributed by atoms with Crippen LogP contribution in [0.5, 0.6) is 0 Å². The van der Waals surface area contributed by atoms with Gasteiger partial charge in [-0.2, -0.15) is 13.2 Å². The van der Waals surface area contributed by atoms with Gasteiger partial charge in [0.2, 0.25) is 5.91 Å². The Hall–Kier alpha value is -1.17. The van der Waals surface area contributed by atoms with E-state index < -0.39 is 11.4 Å². The quantitative estimate of drug-likeness (QED) is 0.816. The average molecular weight is 234 g/mol. The third kappa shape index (κ3) is 4.73. The Labute approximate surface area is 88.6 Å². The van der Waals surface area contributed by atoms with E-state index in [1.54, 1.807) is 0 Å². The van der Waals surface area contributed by atoms with Crippen molar-refractivity contribution in [3.05, 3.63) is 36.2 Å².